The first-order chi connectivity index (χ1) is 16.6. The van der Waals surface area contributed by atoms with Crippen LogP contribution in [-0.2, 0) is 35.7 Å². The molecule has 4 aliphatic rings. The number of rotatable bonds is 7. The number of aromatic hydroxyl groups is 1. The van der Waals surface area contributed by atoms with Gasteiger partial charge in [-0.05, 0) is 50.6 Å². The van der Waals surface area contributed by atoms with E-state index in [0.717, 1.165) is 11.1 Å². The number of carbonyl (C=O) groups excluding carboxylic acids is 2. The molecule has 2 unspecified atom stereocenters. The molecule has 0 saturated carbocycles. The van der Waals surface area contributed by atoms with Crippen LogP contribution in [0.4, 0.5) is 0 Å². The van der Waals surface area contributed by atoms with E-state index in [2.05, 4.69) is 4.90 Å². The number of likely N-dealkylation sites (N-methyl/N-ethyl adjacent to an activating group) is 1. The van der Waals surface area contributed by atoms with Gasteiger partial charge in [0, 0.05) is 24.4 Å². The zero-order valence-corrected chi connectivity index (χ0v) is 19.7. The molecule has 35 heavy (non-hydrogen) atoms. The number of nitrogens with zero attached hydrogens (tertiary/aromatic N) is 1. The van der Waals surface area contributed by atoms with Crippen molar-refractivity contribution in [2.45, 2.75) is 74.7 Å². The predicted octanol–water partition coefficient (Wildman–Crippen LogP) is 1.40. The highest BCUT2D eigenvalue weighted by Gasteiger charge is 2.72. The largest absolute Gasteiger partial charge is 0.504 e. The zero-order chi connectivity index (χ0) is 25.1. The van der Waals surface area contributed by atoms with Crippen molar-refractivity contribution in [1.82, 2.24) is 4.90 Å². The monoisotopic (exact) mass is 487 g/mol. The fourth-order valence-electron chi connectivity index (χ4n) is 6.37. The van der Waals surface area contributed by atoms with E-state index in [1.807, 2.05) is 13.1 Å². The fourth-order valence-corrected chi connectivity index (χ4v) is 6.37. The quantitative estimate of drug-likeness (QED) is 0.483. The van der Waals surface area contributed by atoms with Crippen molar-refractivity contribution >= 4 is 17.9 Å². The summed E-state index contributed by atoms with van der Waals surface area (Å²) < 4.78 is 16.9. The van der Waals surface area contributed by atoms with E-state index in [1.54, 1.807) is 19.1 Å². The normalized spacial score (nSPS) is 31.0. The van der Waals surface area contributed by atoms with Crippen molar-refractivity contribution in [1.29, 1.82) is 0 Å². The van der Waals surface area contributed by atoms with E-state index in [9.17, 15) is 29.7 Å². The molecule has 0 amide bonds. The summed E-state index contributed by atoms with van der Waals surface area (Å²) in [6, 6.07) is 3.20. The third-order valence-electron chi connectivity index (χ3n) is 7.92. The number of carboxylic acids is 1. The molecule has 5 rings (SSSR count). The number of ether oxygens (including phenoxy) is 3. The topological polar surface area (TPSA) is 143 Å². The molecule has 2 heterocycles. The molecule has 1 aromatic carbocycles. The van der Waals surface area contributed by atoms with Gasteiger partial charge in [-0.25, -0.2) is 4.79 Å². The lowest BCUT2D eigenvalue weighted by atomic mass is 9.50. The van der Waals surface area contributed by atoms with Crippen LogP contribution in [0.1, 0.15) is 50.2 Å². The molecule has 2 aliphatic heterocycles. The number of hydrogen-bond donors (Lipinski definition) is 3. The van der Waals surface area contributed by atoms with Crippen LogP contribution in [0, 0.1) is 0 Å². The summed E-state index contributed by atoms with van der Waals surface area (Å²) in [7, 11) is 1.97. The van der Waals surface area contributed by atoms with E-state index in [0.29, 0.717) is 25.8 Å². The summed E-state index contributed by atoms with van der Waals surface area (Å²) in [5.74, 6) is -2.69. The maximum absolute atomic E-state index is 13.0. The molecule has 3 N–H and O–H groups in total. The fraction of sp³-hybridized carbons (Fsp3) is 0.560. The van der Waals surface area contributed by atoms with Gasteiger partial charge < -0.3 is 34.4 Å². The molecule has 2 aliphatic carbocycles. The highest BCUT2D eigenvalue weighted by atomic mass is 16.6. The van der Waals surface area contributed by atoms with E-state index in [1.165, 1.54) is 0 Å². The van der Waals surface area contributed by atoms with Crippen LogP contribution in [-0.4, -0.2) is 75.6 Å². The van der Waals surface area contributed by atoms with Crippen LogP contribution in [0.5, 0.6) is 11.5 Å². The molecular weight excluding hydrogens is 458 g/mol. The summed E-state index contributed by atoms with van der Waals surface area (Å²) in [4.78, 5) is 38.4. The first-order valence-electron chi connectivity index (χ1n) is 11.9. The number of likely N-dealkylation sites (tertiary alicyclic amines) is 1. The number of carboxylic acid groups (broad SMARTS) is 1. The van der Waals surface area contributed by atoms with Crippen molar-refractivity contribution in [2.24, 2.45) is 0 Å². The summed E-state index contributed by atoms with van der Waals surface area (Å²) in [5.41, 5.74) is -0.461. The Morgan fingerprint density at radius 2 is 2.09 bits per heavy atom. The van der Waals surface area contributed by atoms with Gasteiger partial charge in [0.05, 0.1) is 17.4 Å². The SMILES string of the molecule is CCCC(=O)O[C@H](CC(=O)O)C(=O)OC1=CC[C@@]2(O)[C@H]3Cc4ccc(O)c5c4C2(CCN3C)C1O5. The first kappa shape index (κ1) is 23.6. The second-order valence-corrected chi connectivity index (χ2v) is 9.85. The summed E-state index contributed by atoms with van der Waals surface area (Å²) >= 11 is 0. The standard InChI is InChI=1S/C25H29NO9/c1-3-4-19(30)33-16(12-18(28)29)23(31)34-15-7-8-25(32)17-11-13-5-6-14(27)21-20(13)24(25,22(15)35-21)9-10-26(17)2/h5-7,16-17,22,27,32H,3-4,8-12H2,1-2H3,(H,28,29)/t16-,17-,22?,24?,25-/m1/s1. The molecule has 0 aromatic heterocycles. The predicted molar refractivity (Wildman–Crippen MR) is 120 cm³/mol. The van der Waals surface area contributed by atoms with Crippen molar-refractivity contribution in [3.8, 4) is 11.5 Å². The summed E-state index contributed by atoms with van der Waals surface area (Å²) in [6.45, 7) is 2.43. The Morgan fingerprint density at radius 3 is 2.80 bits per heavy atom. The van der Waals surface area contributed by atoms with Crippen LogP contribution >= 0.6 is 0 Å². The number of piperidine rings is 1. The maximum atomic E-state index is 13.0. The summed E-state index contributed by atoms with van der Waals surface area (Å²) in [5, 5.41) is 31.9. The van der Waals surface area contributed by atoms with Crippen LogP contribution in [0.2, 0.25) is 0 Å². The van der Waals surface area contributed by atoms with Gasteiger partial charge in [0.2, 0.25) is 6.10 Å². The minimum Gasteiger partial charge on any atom is -0.504 e. The van der Waals surface area contributed by atoms with Crippen LogP contribution in [0.25, 0.3) is 0 Å². The third kappa shape index (κ3) is 3.34. The van der Waals surface area contributed by atoms with Gasteiger partial charge in [-0.3, -0.25) is 9.59 Å². The number of phenolic OH excluding ortho intramolecular Hbond substituents is 1. The minimum absolute atomic E-state index is 0.0419. The number of phenols is 1. The lowest BCUT2D eigenvalue weighted by Crippen LogP contribution is -2.74. The van der Waals surface area contributed by atoms with E-state index >= 15 is 0 Å². The molecule has 188 valence electrons. The lowest BCUT2D eigenvalue weighted by molar-refractivity contribution is -0.177. The van der Waals surface area contributed by atoms with E-state index in [-0.39, 0.29) is 36.1 Å². The van der Waals surface area contributed by atoms with Gasteiger partial charge in [0.25, 0.3) is 0 Å². The average Bonchev–Trinajstić information content (AvgIpc) is 3.15. The van der Waals surface area contributed by atoms with Gasteiger partial charge in [-0.15, -0.1) is 0 Å². The van der Waals surface area contributed by atoms with Crippen molar-refractivity contribution in [2.75, 3.05) is 13.6 Å². The number of benzene rings is 1. The number of aliphatic carboxylic acids is 1. The van der Waals surface area contributed by atoms with Gasteiger partial charge in [-0.2, -0.15) is 0 Å². The van der Waals surface area contributed by atoms with Crippen LogP contribution in [0.3, 0.4) is 0 Å². The van der Waals surface area contributed by atoms with Crippen molar-refractivity contribution in [3.05, 3.63) is 35.1 Å². The first-order valence-corrected chi connectivity index (χ1v) is 11.9. The smallest absolute Gasteiger partial charge is 0.353 e. The number of hydrogen-bond acceptors (Lipinski definition) is 9. The molecule has 2 bridgehead atoms. The number of aliphatic hydroxyl groups is 1. The number of carbonyl (C=O) groups is 3. The Bertz CT molecular complexity index is 1130. The second kappa shape index (κ2) is 8.23. The number of esters is 2. The molecule has 10 nitrogen and oxygen atoms in total. The minimum atomic E-state index is -1.62. The molecule has 1 spiro atoms. The van der Waals surface area contributed by atoms with Gasteiger partial charge in [0.1, 0.15) is 5.76 Å². The Hall–Kier alpha value is -3.11. The Balaban J connectivity index is 1.51. The maximum Gasteiger partial charge on any atom is 0.353 e. The highest BCUT2D eigenvalue weighted by molar-refractivity contribution is 5.84. The molecule has 5 atom stereocenters. The van der Waals surface area contributed by atoms with E-state index in [4.69, 9.17) is 14.2 Å². The Morgan fingerprint density at radius 1 is 1.31 bits per heavy atom. The van der Waals surface area contributed by atoms with Crippen LogP contribution in [0.15, 0.2) is 24.0 Å². The Labute approximate surface area is 202 Å². The van der Waals surface area contributed by atoms with Gasteiger partial charge >= 0.3 is 17.9 Å². The average molecular weight is 488 g/mol. The van der Waals surface area contributed by atoms with Gasteiger partial charge in [0.15, 0.2) is 17.6 Å². The molecule has 1 aromatic rings. The van der Waals surface area contributed by atoms with E-state index < -0.39 is 47.6 Å². The molecule has 1 saturated heterocycles. The van der Waals surface area contributed by atoms with Gasteiger partial charge in [-0.1, -0.05) is 13.0 Å². The molecule has 10 heteroatoms. The van der Waals surface area contributed by atoms with Crippen molar-refractivity contribution in [3.63, 3.8) is 0 Å². The summed E-state index contributed by atoms with van der Waals surface area (Å²) in [6.07, 6.45) is 0.130. The molecule has 0 radical (unpaired) electrons. The Kier molecular flexibility index (Phi) is 5.56. The lowest BCUT2D eigenvalue weighted by Gasteiger charge is -2.61. The second-order valence-electron chi connectivity index (χ2n) is 9.85. The third-order valence-corrected chi connectivity index (χ3v) is 7.92. The highest BCUT2D eigenvalue weighted by Crippen LogP contribution is 2.65. The molecular formula is C25H29NO9. The van der Waals surface area contributed by atoms with Crippen LogP contribution < -0.4 is 4.74 Å². The zero-order valence-electron chi connectivity index (χ0n) is 19.7. The molecule has 1 fully saturated rings. The van der Waals surface area contributed by atoms with Crippen molar-refractivity contribution < 1.29 is 43.9 Å².